The zero-order chi connectivity index (χ0) is 16.8. The number of nitrogens with one attached hydrogen (secondary N) is 1. The summed E-state index contributed by atoms with van der Waals surface area (Å²) < 4.78 is 15.3. The third-order valence-electron chi connectivity index (χ3n) is 4.17. The summed E-state index contributed by atoms with van der Waals surface area (Å²) in [7, 11) is 0. The van der Waals surface area contributed by atoms with Crippen LogP contribution in [0.2, 0.25) is 0 Å². The Morgan fingerprint density at radius 2 is 2.25 bits per heavy atom. The fourth-order valence-corrected chi connectivity index (χ4v) is 2.80. The lowest BCUT2D eigenvalue weighted by Crippen LogP contribution is -2.41. The molecular formula is C16H22N4O4. The monoisotopic (exact) mass is 334 g/mol. The highest BCUT2D eigenvalue weighted by molar-refractivity contribution is 5.78. The molecule has 130 valence electrons. The van der Waals surface area contributed by atoms with Crippen molar-refractivity contribution in [2.75, 3.05) is 26.2 Å². The number of nitrogens with zero attached hydrogens (tertiary/aromatic N) is 3. The quantitative estimate of drug-likeness (QED) is 0.764. The number of furan rings is 1. The van der Waals surface area contributed by atoms with E-state index in [1.54, 1.807) is 13.2 Å². The van der Waals surface area contributed by atoms with Gasteiger partial charge in [-0.2, -0.15) is 0 Å². The minimum atomic E-state index is 0.0632. The van der Waals surface area contributed by atoms with E-state index in [4.69, 9.17) is 9.15 Å². The van der Waals surface area contributed by atoms with Gasteiger partial charge in [-0.15, -0.1) is 0 Å². The number of ether oxygens (including phenoxy) is 1. The maximum absolute atomic E-state index is 12.2. The van der Waals surface area contributed by atoms with Crippen LogP contribution in [0.3, 0.4) is 0 Å². The van der Waals surface area contributed by atoms with Gasteiger partial charge in [0.2, 0.25) is 5.91 Å². The SMILES string of the molecule is Cc1nonc1OCCNC(=O)C1CCN(Cc2ccco2)CC1. The molecular weight excluding hydrogens is 312 g/mol. The number of hydrogen-bond donors (Lipinski definition) is 1. The van der Waals surface area contributed by atoms with Crippen molar-refractivity contribution < 1.29 is 18.6 Å². The first-order chi connectivity index (χ1) is 11.7. The van der Waals surface area contributed by atoms with Crippen LogP contribution in [-0.4, -0.2) is 47.4 Å². The highest BCUT2D eigenvalue weighted by Crippen LogP contribution is 2.19. The normalized spacial score (nSPS) is 16.2. The molecule has 0 bridgehead atoms. The number of carbonyl (C=O) groups is 1. The van der Waals surface area contributed by atoms with Gasteiger partial charge in [0.1, 0.15) is 18.1 Å². The van der Waals surface area contributed by atoms with E-state index >= 15 is 0 Å². The minimum absolute atomic E-state index is 0.0632. The van der Waals surface area contributed by atoms with E-state index < -0.39 is 0 Å². The number of hydrogen-bond acceptors (Lipinski definition) is 7. The topological polar surface area (TPSA) is 93.6 Å². The number of aromatic nitrogens is 2. The fraction of sp³-hybridized carbons (Fsp3) is 0.562. The van der Waals surface area contributed by atoms with Gasteiger partial charge in [0.05, 0.1) is 19.4 Å². The largest absolute Gasteiger partial charge is 0.472 e. The summed E-state index contributed by atoms with van der Waals surface area (Å²) in [5, 5.41) is 10.2. The smallest absolute Gasteiger partial charge is 0.278 e. The second-order valence-electron chi connectivity index (χ2n) is 5.92. The first-order valence-corrected chi connectivity index (χ1v) is 8.17. The number of piperidine rings is 1. The molecule has 0 radical (unpaired) electrons. The number of aryl methyl sites for hydroxylation is 1. The number of rotatable bonds is 7. The fourth-order valence-electron chi connectivity index (χ4n) is 2.80. The molecule has 0 spiro atoms. The van der Waals surface area contributed by atoms with E-state index in [0.29, 0.717) is 24.7 Å². The number of amides is 1. The maximum atomic E-state index is 12.2. The average Bonchev–Trinajstić information content (AvgIpc) is 3.24. The predicted octanol–water partition coefficient (Wildman–Crippen LogP) is 1.38. The molecule has 8 nitrogen and oxygen atoms in total. The van der Waals surface area contributed by atoms with Gasteiger partial charge in [0.25, 0.3) is 5.88 Å². The van der Waals surface area contributed by atoms with E-state index in [1.165, 1.54) is 0 Å². The summed E-state index contributed by atoms with van der Waals surface area (Å²) in [4.78, 5) is 14.5. The van der Waals surface area contributed by atoms with Crippen LogP contribution in [0.1, 0.15) is 24.3 Å². The molecule has 0 aliphatic carbocycles. The highest BCUT2D eigenvalue weighted by atomic mass is 16.6. The molecule has 0 unspecified atom stereocenters. The van der Waals surface area contributed by atoms with E-state index in [9.17, 15) is 4.79 Å². The van der Waals surface area contributed by atoms with Crippen LogP contribution in [0.5, 0.6) is 5.88 Å². The molecule has 1 fully saturated rings. The second kappa shape index (κ2) is 7.96. The maximum Gasteiger partial charge on any atom is 0.278 e. The van der Waals surface area contributed by atoms with Crippen LogP contribution >= 0.6 is 0 Å². The molecule has 1 aliphatic rings. The molecule has 1 aliphatic heterocycles. The van der Waals surface area contributed by atoms with Crippen LogP contribution in [-0.2, 0) is 11.3 Å². The van der Waals surface area contributed by atoms with Crippen LogP contribution < -0.4 is 10.1 Å². The third kappa shape index (κ3) is 4.35. The standard InChI is InChI=1S/C16H22N4O4/c1-12-16(19-24-18-12)23-10-6-17-15(21)13-4-7-20(8-5-13)11-14-3-2-9-22-14/h2-3,9,13H,4-8,10-11H2,1H3,(H,17,21). The zero-order valence-corrected chi connectivity index (χ0v) is 13.7. The molecule has 3 heterocycles. The van der Waals surface area contributed by atoms with Gasteiger partial charge in [-0.25, -0.2) is 4.63 Å². The Hall–Kier alpha value is -2.35. The molecule has 0 saturated carbocycles. The van der Waals surface area contributed by atoms with E-state index in [-0.39, 0.29) is 11.8 Å². The Balaban J connectivity index is 1.32. The van der Waals surface area contributed by atoms with Crippen molar-refractivity contribution in [2.24, 2.45) is 5.92 Å². The van der Waals surface area contributed by atoms with E-state index in [1.807, 2.05) is 12.1 Å². The van der Waals surface area contributed by atoms with E-state index in [0.717, 1.165) is 38.2 Å². The van der Waals surface area contributed by atoms with Gasteiger partial charge in [0.15, 0.2) is 0 Å². The third-order valence-corrected chi connectivity index (χ3v) is 4.17. The molecule has 1 saturated heterocycles. The van der Waals surface area contributed by atoms with Gasteiger partial charge in [-0.3, -0.25) is 9.69 Å². The summed E-state index contributed by atoms with van der Waals surface area (Å²) in [6.45, 7) is 5.15. The molecule has 2 aromatic rings. The summed E-state index contributed by atoms with van der Waals surface area (Å²) in [6.07, 6.45) is 3.41. The molecule has 0 aromatic carbocycles. The van der Waals surface area contributed by atoms with Gasteiger partial charge in [-0.05, 0) is 50.1 Å². The second-order valence-corrected chi connectivity index (χ2v) is 5.92. The summed E-state index contributed by atoms with van der Waals surface area (Å²) in [5.41, 5.74) is 0.602. The van der Waals surface area contributed by atoms with Gasteiger partial charge < -0.3 is 14.5 Å². The van der Waals surface area contributed by atoms with Crippen molar-refractivity contribution >= 4 is 5.91 Å². The lowest BCUT2D eigenvalue weighted by atomic mass is 9.96. The Kier molecular flexibility index (Phi) is 5.47. The number of carbonyl (C=O) groups excluding carboxylic acids is 1. The number of likely N-dealkylation sites (tertiary alicyclic amines) is 1. The highest BCUT2D eigenvalue weighted by Gasteiger charge is 2.25. The minimum Gasteiger partial charge on any atom is -0.472 e. The Bertz CT molecular complexity index is 632. The molecule has 1 amide bonds. The van der Waals surface area contributed by atoms with Gasteiger partial charge in [0, 0.05) is 5.92 Å². The Morgan fingerprint density at radius 3 is 2.92 bits per heavy atom. The summed E-state index contributed by atoms with van der Waals surface area (Å²) >= 11 is 0. The summed E-state index contributed by atoms with van der Waals surface area (Å²) in [5.74, 6) is 1.49. The van der Waals surface area contributed by atoms with Crippen molar-refractivity contribution in [1.82, 2.24) is 20.5 Å². The van der Waals surface area contributed by atoms with Gasteiger partial charge in [-0.1, -0.05) is 5.16 Å². The summed E-state index contributed by atoms with van der Waals surface area (Å²) in [6, 6.07) is 3.87. The van der Waals surface area contributed by atoms with Crippen molar-refractivity contribution in [3.8, 4) is 5.88 Å². The Labute approximate surface area is 140 Å². The first-order valence-electron chi connectivity index (χ1n) is 8.17. The average molecular weight is 334 g/mol. The Morgan fingerprint density at radius 1 is 1.42 bits per heavy atom. The van der Waals surface area contributed by atoms with Crippen LogP contribution in [0.25, 0.3) is 0 Å². The van der Waals surface area contributed by atoms with Crippen LogP contribution in [0.4, 0.5) is 0 Å². The predicted molar refractivity (Wildman–Crippen MR) is 84.2 cm³/mol. The van der Waals surface area contributed by atoms with Crippen LogP contribution in [0, 0.1) is 12.8 Å². The lowest BCUT2D eigenvalue weighted by Gasteiger charge is -2.30. The van der Waals surface area contributed by atoms with Crippen molar-refractivity contribution in [1.29, 1.82) is 0 Å². The molecule has 8 heteroatoms. The molecule has 24 heavy (non-hydrogen) atoms. The van der Waals surface area contributed by atoms with Gasteiger partial charge >= 0.3 is 0 Å². The zero-order valence-electron chi connectivity index (χ0n) is 13.7. The van der Waals surface area contributed by atoms with Crippen molar-refractivity contribution in [3.05, 3.63) is 29.9 Å². The lowest BCUT2D eigenvalue weighted by molar-refractivity contribution is -0.126. The molecule has 2 aromatic heterocycles. The molecule has 0 atom stereocenters. The van der Waals surface area contributed by atoms with Crippen molar-refractivity contribution in [3.63, 3.8) is 0 Å². The van der Waals surface area contributed by atoms with E-state index in [2.05, 4.69) is 25.2 Å². The van der Waals surface area contributed by atoms with Crippen molar-refractivity contribution in [2.45, 2.75) is 26.3 Å². The molecule has 3 rings (SSSR count). The molecule has 1 N–H and O–H groups in total. The first kappa shape index (κ1) is 16.5. The van der Waals surface area contributed by atoms with Crippen LogP contribution in [0.15, 0.2) is 27.4 Å².